The number of imidazole rings is 1. The number of aromatic nitrogens is 2. The molecule has 5 nitrogen and oxygen atoms in total. The van der Waals surface area contributed by atoms with E-state index in [-0.39, 0.29) is 17.4 Å². The normalized spacial score (nSPS) is 10.8. The van der Waals surface area contributed by atoms with Crippen LogP contribution in [0.3, 0.4) is 0 Å². The zero-order valence-corrected chi connectivity index (χ0v) is 10.0. The Morgan fingerprint density at radius 1 is 1.50 bits per heavy atom. The molecule has 2 aromatic rings. The van der Waals surface area contributed by atoms with Crippen LogP contribution in [0.25, 0.3) is 5.65 Å². The van der Waals surface area contributed by atoms with Crippen molar-refractivity contribution in [2.75, 3.05) is 20.3 Å². The molecule has 0 fully saturated rings. The van der Waals surface area contributed by atoms with E-state index >= 15 is 0 Å². The molecule has 0 saturated heterocycles. The number of hydrogen-bond acceptors (Lipinski definition) is 3. The minimum Gasteiger partial charge on any atom is -0.385 e. The van der Waals surface area contributed by atoms with Crippen LogP contribution >= 0.6 is 0 Å². The summed E-state index contributed by atoms with van der Waals surface area (Å²) in [7, 11) is 1.61. The molecule has 2 aromatic heterocycles. The van der Waals surface area contributed by atoms with Gasteiger partial charge in [0, 0.05) is 32.7 Å². The van der Waals surface area contributed by atoms with Crippen LogP contribution in [0.2, 0.25) is 0 Å². The third-order valence-electron chi connectivity index (χ3n) is 2.46. The first kappa shape index (κ1) is 12.5. The highest BCUT2D eigenvalue weighted by Crippen LogP contribution is 2.06. The lowest BCUT2D eigenvalue weighted by atomic mass is 10.4. The number of nitrogens with one attached hydrogen (secondary N) is 1. The van der Waals surface area contributed by atoms with Gasteiger partial charge in [-0.2, -0.15) is 0 Å². The van der Waals surface area contributed by atoms with Crippen molar-refractivity contribution in [3.05, 3.63) is 36.0 Å². The topological polar surface area (TPSA) is 55.6 Å². The second-order valence-corrected chi connectivity index (χ2v) is 3.84. The van der Waals surface area contributed by atoms with E-state index in [0.29, 0.717) is 18.8 Å². The van der Waals surface area contributed by atoms with Crippen molar-refractivity contribution in [3.8, 4) is 0 Å². The Balaban J connectivity index is 2.04. The van der Waals surface area contributed by atoms with Crippen molar-refractivity contribution in [1.29, 1.82) is 0 Å². The van der Waals surface area contributed by atoms with Crippen LogP contribution in [0.4, 0.5) is 4.39 Å². The maximum absolute atomic E-state index is 13.0. The average Bonchev–Trinajstić information content (AvgIpc) is 2.77. The molecule has 2 rings (SSSR count). The molecule has 0 radical (unpaired) electrons. The van der Waals surface area contributed by atoms with Crippen LogP contribution in [-0.2, 0) is 4.74 Å². The smallest absolute Gasteiger partial charge is 0.271 e. The van der Waals surface area contributed by atoms with Crippen LogP contribution in [0, 0.1) is 5.82 Å². The minimum atomic E-state index is -0.369. The lowest BCUT2D eigenvalue weighted by Gasteiger charge is -2.01. The fourth-order valence-corrected chi connectivity index (χ4v) is 1.58. The van der Waals surface area contributed by atoms with Gasteiger partial charge in [-0.25, -0.2) is 9.37 Å². The third-order valence-corrected chi connectivity index (χ3v) is 2.46. The third kappa shape index (κ3) is 2.84. The van der Waals surface area contributed by atoms with Gasteiger partial charge in [0.1, 0.15) is 17.2 Å². The Bertz CT molecular complexity index is 553. The van der Waals surface area contributed by atoms with Gasteiger partial charge in [0.25, 0.3) is 5.91 Å². The van der Waals surface area contributed by atoms with Crippen molar-refractivity contribution >= 4 is 11.6 Å². The predicted octanol–water partition coefficient (Wildman–Crippen LogP) is 1.24. The Hall–Kier alpha value is -1.95. The molecule has 0 bridgehead atoms. The summed E-state index contributed by atoms with van der Waals surface area (Å²) >= 11 is 0. The predicted molar refractivity (Wildman–Crippen MR) is 64.0 cm³/mol. The van der Waals surface area contributed by atoms with Crippen molar-refractivity contribution in [2.45, 2.75) is 6.42 Å². The van der Waals surface area contributed by atoms with E-state index in [4.69, 9.17) is 4.74 Å². The van der Waals surface area contributed by atoms with Crippen molar-refractivity contribution in [2.24, 2.45) is 0 Å². The number of methoxy groups -OCH3 is 1. The number of ether oxygens (including phenoxy) is 1. The maximum Gasteiger partial charge on any atom is 0.271 e. The van der Waals surface area contributed by atoms with Crippen LogP contribution in [-0.4, -0.2) is 35.6 Å². The van der Waals surface area contributed by atoms with Gasteiger partial charge in [-0.05, 0) is 18.6 Å². The number of carbonyl (C=O) groups is 1. The van der Waals surface area contributed by atoms with Gasteiger partial charge in [0.05, 0.1) is 0 Å². The fourth-order valence-electron chi connectivity index (χ4n) is 1.58. The Kier molecular flexibility index (Phi) is 3.88. The Labute approximate surface area is 104 Å². The van der Waals surface area contributed by atoms with Crippen LogP contribution in [0.1, 0.15) is 16.9 Å². The summed E-state index contributed by atoms with van der Waals surface area (Å²) in [5.41, 5.74) is 0.816. The number of fused-ring (bicyclic) bond motifs is 1. The number of carbonyl (C=O) groups excluding carboxylic acids is 1. The highest BCUT2D eigenvalue weighted by atomic mass is 19.1. The zero-order valence-electron chi connectivity index (χ0n) is 10.0. The van der Waals surface area contributed by atoms with Crippen molar-refractivity contribution < 1.29 is 13.9 Å². The molecule has 0 atom stereocenters. The van der Waals surface area contributed by atoms with E-state index in [2.05, 4.69) is 10.3 Å². The van der Waals surface area contributed by atoms with Gasteiger partial charge >= 0.3 is 0 Å². The van der Waals surface area contributed by atoms with Gasteiger partial charge in [0.2, 0.25) is 0 Å². The van der Waals surface area contributed by atoms with Gasteiger partial charge in [-0.3, -0.25) is 4.79 Å². The van der Waals surface area contributed by atoms with Gasteiger partial charge < -0.3 is 14.5 Å². The molecule has 0 saturated carbocycles. The van der Waals surface area contributed by atoms with E-state index in [1.807, 2.05) is 0 Å². The molecule has 0 aliphatic carbocycles. The summed E-state index contributed by atoms with van der Waals surface area (Å²) in [5.74, 6) is -0.637. The molecule has 0 spiro atoms. The lowest BCUT2D eigenvalue weighted by molar-refractivity contribution is 0.0944. The lowest BCUT2D eigenvalue weighted by Crippen LogP contribution is -2.25. The van der Waals surface area contributed by atoms with E-state index in [1.165, 1.54) is 28.9 Å². The number of halogens is 1. The summed E-state index contributed by atoms with van der Waals surface area (Å²) in [5, 5.41) is 2.72. The molecule has 18 heavy (non-hydrogen) atoms. The first-order valence-corrected chi connectivity index (χ1v) is 5.62. The first-order valence-electron chi connectivity index (χ1n) is 5.62. The van der Waals surface area contributed by atoms with Gasteiger partial charge in [0.15, 0.2) is 0 Å². The molecule has 2 heterocycles. The molecule has 96 valence electrons. The summed E-state index contributed by atoms with van der Waals surface area (Å²) in [6, 6.07) is 2.83. The van der Waals surface area contributed by atoms with E-state index in [0.717, 1.165) is 6.42 Å². The standard InChI is InChI=1S/C12H14FN3O2/c1-18-6-2-5-14-12(17)10-8-16-7-9(13)3-4-11(16)15-10/h3-4,7-8H,2,5-6H2,1H3,(H,14,17). The molecule has 1 N–H and O–H groups in total. The van der Waals surface area contributed by atoms with E-state index < -0.39 is 0 Å². The summed E-state index contributed by atoms with van der Waals surface area (Å²) in [4.78, 5) is 15.8. The molecule has 6 heteroatoms. The van der Waals surface area contributed by atoms with Gasteiger partial charge in [-0.15, -0.1) is 0 Å². The Morgan fingerprint density at radius 3 is 3.11 bits per heavy atom. The number of rotatable bonds is 5. The van der Waals surface area contributed by atoms with Crippen molar-refractivity contribution in [3.63, 3.8) is 0 Å². The van der Waals surface area contributed by atoms with Crippen molar-refractivity contribution in [1.82, 2.24) is 14.7 Å². The number of amides is 1. The average molecular weight is 251 g/mol. The first-order chi connectivity index (χ1) is 8.70. The monoisotopic (exact) mass is 251 g/mol. The second kappa shape index (κ2) is 5.59. The molecular weight excluding hydrogens is 237 g/mol. The molecule has 0 aliphatic rings. The maximum atomic E-state index is 13.0. The number of pyridine rings is 1. The highest BCUT2D eigenvalue weighted by Gasteiger charge is 2.10. The number of nitrogens with zero attached hydrogens (tertiary/aromatic N) is 2. The van der Waals surface area contributed by atoms with Gasteiger partial charge in [-0.1, -0.05) is 0 Å². The fraction of sp³-hybridized carbons (Fsp3) is 0.333. The van der Waals surface area contributed by atoms with Crippen LogP contribution in [0.5, 0.6) is 0 Å². The van der Waals surface area contributed by atoms with Crippen LogP contribution < -0.4 is 5.32 Å². The summed E-state index contributed by atoms with van der Waals surface area (Å²) in [6.45, 7) is 1.12. The second-order valence-electron chi connectivity index (χ2n) is 3.84. The van der Waals surface area contributed by atoms with Crippen LogP contribution in [0.15, 0.2) is 24.5 Å². The largest absolute Gasteiger partial charge is 0.385 e. The quantitative estimate of drug-likeness (QED) is 0.813. The SMILES string of the molecule is COCCCNC(=O)c1cn2cc(F)ccc2n1. The molecule has 1 amide bonds. The zero-order chi connectivity index (χ0) is 13.0. The summed E-state index contributed by atoms with van der Waals surface area (Å²) < 4.78 is 19.3. The molecule has 0 aromatic carbocycles. The minimum absolute atomic E-state index is 0.268. The summed E-state index contributed by atoms with van der Waals surface area (Å²) in [6.07, 6.45) is 3.53. The Morgan fingerprint density at radius 2 is 2.33 bits per heavy atom. The molecule has 0 unspecified atom stereocenters. The van der Waals surface area contributed by atoms with E-state index in [1.54, 1.807) is 7.11 Å². The molecular formula is C12H14FN3O2. The number of hydrogen-bond donors (Lipinski definition) is 1. The van der Waals surface area contributed by atoms with E-state index in [9.17, 15) is 9.18 Å². The highest BCUT2D eigenvalue weighted by molar-refractivity contribution is 5.92. The molecule has 0 aliphatic heterocycles.